The molecule has 2 aromatic carbocycles. The molecule has 2 aromatic heterocycles. The summed E-state index contributed by atoms with van der Waals surface area (Å²) in [4.78, 5) is 29.5. The molecule has 0 bridgehead atoms. The van der Waals surface area contributed by atoms with Gasteiger partial charge in [0.1, 0.15) is 12.0 Å². The van der Waals surface area contributed by atoms with E-state index >= 15 is 0 Å². The number of nitrogens with zero attached hydrogens (tertiary/aromatic N) is 4. The highest BCUT2D eigenvalue weighted by atomic mass is 16.3. The highest BCUT2D eigenvalue weighted by Crippen LogP contribution is 2.35. The van der Waals surface area contributed by atoms with Gasteiger partial charge in [0.05, 0.1) is 30.2 Å². The van der Waals surface area contributed by atoms with Crippen LogP contribution in [-0.2, 0) is 6.42 Å². The summed E-state index contributed by atoms with van der Waals surface area (Å²) in [6, 6.07) is 14.7. The lowest BCUT2D eigenvalue weighted by atomic mass is 10.1. The van der Waals surface area contributed by atoms with Gasteiger partial charge in [0.15, 0.2) is 5.82 Å². The molecule has 8 heteroatoms. The summed E-state index contributed by atoms with van der Waals surface area (Å²) in [5.74, 6) is 0.159. The second-order valence-electron chi connectivity index (χ2n) is 7.50. The van der Waals surface area contributed by atoms with Gasteiger partial charge in [-0.3, -0.25) is 14.8 Å². The minimum Gasteiger partial charge on any atom is -0.390 e. The zero-order valence-electron chi connectivity index (χ0n) is 17.0. The van der Waals surface area contributed by atoms with Gasteiger partial charge >= 0.3 is 0 Å². The van der Waals surface area contributed by atoms with Crippen LogP contribution in [0.15, 0.2) is 79.6 Å². The normalized spacial score (nSPS) is 16.9. The Morgan fingerprint density at radius 1 is 0.969 bits per heavy atom. The topological polar surface area (TPSA) is 113 Å². The van der Waals surface area contributed by atoms with Crippen LogP contribution in [0.25, 0.3) is 11.3 Å². The quantitative estimate of drug-likeness (QED) is 0.451. The Labute approximate surface area is 184 Å². The fourth-order valence-electron chi connectivity index (χ4n) is 3.87. The standard InChI is InChI=1S/C24H20N6O2/c31-21-11-17-3-1-2-4-18(17)22(21)30-23-20(13-26-14-28-23)29-24(32)16-7-5-15(6-8-16)19-12-25-9-10-27-19/h1-10,12-14,21-22,31H,11H2,(H,29,32)(H,26,28,30)/t21-,22-/m1/s1. The minimum absolute atomic E-state index is 0.291. The lowest BCUT2D eigenvalue weighted by molar-refractivity contribution is 0.102. The van der Waals surface area contributed by atoms with Crippen molar-refractivity contribution in [3.63, 3.8) is 0 Å². The van der Waals surface area contributed by atoms with E-state index in [-0.39, 0.29) is 11.9 Å². The number of fused-ring (bicyclic) bond motifs is 1. The van der Waals surface area contributed by atoms with Crippen LogP contribution in [0.3, 0.4) is 0 Å². The average molecular weight is 424 g/mol. The maximum absolute atomic E-state index is 12.8. The molecule has 32 heavy (non-hydrogen) atoms. The van der Waals surface area contributed by atoms with E-state index < -0.39 is 6.10 Å². The van der Waals surface area contributed by atoms with Gasteiger partial charge < -0.3 is 15.7 Å². The van der Waals surface area contributed by atoms with Gasteiger partial charge in [-0.15, -0.1) is 0 Å². The van der Waals surface area contributed by atoms with Crippen LogP contribution < -0.4 is 10.6 Å². The fraction of sp³-hybridized carbons (Fsp3) is 0.125. The van der Waals surface area contributed by atoms with Crippen molar-refractivity contribution >= 4 is 17.4 Å². The SMILES string of the molecule is O=C(Nc1cncnc1N[C@@H]1c2ccccc2C[C@H]1O)c1ccc(-c2cnccn2)cc1. The van der Waals surface area contributed by atoms with Crippen molar-refractivity contribution in [1.29, 1.82) is 0 Å². The molecule has 2 atom stereocenters. The predicted octanol–water partition coefficient (Wildman–Crippen LogP) is 3.26. The Morgan fingerprint density at radius 2 is 1.81 bits per heavy atom. The minimum atomic E-state index is -0.584. The molecule has 4 aromatic rings. The molecular formula is C24H20N6O2. The molecule has 3 N–H and O–H groups in total. The Hall–Kier alpha value is -4.17. The molecule has 1 amide bonds. The first kappa shape index (κ1) is 19.8. The summed E-state index contributed by atoms with van der Waals surface area (Å²) in [5.41, 5.74) is 4.65. The molecular weight excluding hydrogens is 404 g/mol. The molecule has 5 rings (SSSR count). The van der Waals surface area contributed by atoms with E-state index in [1.165, 1.54) is 12.5 Å². The van der Waals surface area contributed by atoms with Crippen molar-refractivity contribution in [2.75, 3.05) is 10.6 Å². The summed E-state index contributed by atoms with van der Waals surface area (Å²) < 4.78 is 0. The van der Waals surface area contributed by atoms with Gasteiger partial charge in [0.2, 0.25) is 0 Å². The number of benzene rings is 2. The Kier molecular flexibility index (Phi) is 5.27. The van der Waals surface area contributed by atoms with Crippen LogP contribution in [0.4, 0.5) is 11.5 Å². The first-order chi connectivity index (χ1) is 15.7. The van der Waals surface area contributed by atoms with Crippen LogP contribution in [0, 0.1) is 0 Å². The number of aliphatic hydroxyl groups excluding tert-OH is 1. The molecule has 0 radical (unpaired) electrons. The van der Waals surface area contributed by atoms with Gasteiger partial charge in [-0.1, -0.05) is 36.4 Å². The molecule has 1 aliphatic rings. The molecule has 0 spiro atoms. The maximum atomic E-state index is 12.8. The lowest BCUT2D eigenvalue weighted by Crippen LogP contribution is -2.23. The van der Waals surface area contributed by atoms with E-state index in [9.17, 15) is 9.90 Å². The van der Waals surface area contributed by atoms with Crippen LogP contribution in [0.5, 0.6) is 0 Å². The fourth-order valence-corrected chi connectivity index (χ4v) is 3.87. The van der Waals surface area contributed by atoms with Gasteiger partial charge in [0.25, 0.3) is 5.91 Å². The Balaban J connectivity index is 1.34. The van der Waals surface area contributed by atoms with Crippen molar-refractivity contribution in [3.8, 4) is 11.3 Å². The second-order valence-corrected chi connectivity index (χ2v) is 7.50. The number of hydrogen-bond acceptors (Lipinski definition) is 7. The van der Waals surface area contributed by atoms with E-state index in [2.05, 4.69) is 30.6 Å². The second kappa shape index (κ2) is 8.52. The van der Waals surface area contributed by atoms with Gasteiger partial charge in [-0.25, -0.2) is 9.97 Å². The van der Waals surface area contributed by atoms with E-state index in [0.717, 1.165) is 22.4 Å². The molecule has 0 saturated heterocycles. The molecule has 2 heterocycles. The molecule has 0 aliphatic heterocycles. The summed E-state index contributed by atoms with van der Waals surface area (Å²) in [5, 5.41) is 16.7. The van der Waals surface area contributed by atoms with Crippen LogP contribution >= 0.6 is 0 Å². The van der Waals surface area contributed by atoms with Crippen molar-refractivity contribution in [3.05, 3.63) is 96.3 Å². The largest absolute Gasteiger partial charge is 0.390 e. The number of nitrogens with one attached hydrogen (secondary N) is 2. The van der Waals surface area contributed by atoms with Crippen molar-refractivity contribution in [1.82, 2.24) is 19.9 Å². The number of aliphatic hydroxyl groups is 1. The zero-order valence-corrected chi connectivity index (χ0v) is 17.0. The number of rotatable bonds is 5. The van der Waals surface area contributed by atoms with Crippen LogP contribution in [-0.4, -0.2) is 37.1 Å². The van der Waals surface area contributed by atoms with E-state index in [4.69, 9.17) is 0 Å². The summed E-state index contributed by atoms with van der Waals surface area (Å²) >= 11 is 0. The Morgan fingerprint density at radius 3 is 2.62 bits per heavy atom. The maximum Gasteiger partial charge on any atom is 0.255 e. The highest BCUT2D eigenvalue weighted by Gasteiger charge is 2.31. The van der Waals surface area contributed by atoms with Crippen LogP contribution in [0.1, 0.15) is 27.5 Å². The number of aromatic nitrogens is 4. The molecule has 8 nitrogen and oxygen atoms in total. The number of anilines is 2. The molecule has 0 fully saturated rings. The average Bonchev–Trinajstić information content (AvgIpc) is 3.16. The number of carbonyl (C=O) groups excluding carboxylic acids is 1. The lowest BCUT2D eigenvalue weighted by Gasteiger charge is -2.20. The van der Waals surface area contributed by atoms with Crippen LogP contribution in [0.2, 0.25) is 0 Å². The third-order valence-corrected chi connectivity index (χ3v) is 5.46. The molecule has 158 valence electrons. The predicted molar refractivity (Wildman–Crippen MR) is 120 cm³/mol. The van der Waals surface area contributed by atoms with Gasteiger partial charge in [0, 0.05) is 29.9 Å². The van der Waals surface area contributed by atoms with Crippen molar-refractivity contribution in [2.24, 2.45) is 0 Å². The van der Waals surface area contributed by atoms with E-state index in [1.807, 2.05) is 36.4 Å². The van der Waals surface area contributed by atoms with E-state index in [1.54, 1.807) is 30.7 Å². The highest BCUT2D eigenvalue weighted by molar-refractivity contribution is 6.05. The number of carbonyl (C=O) groups is 1. The molecule has 1 aliphatic carbocycles. The summed E-state index contributed by atoms with van der Waals surface area (Å²) in [6.07, 6.45) is 7.83. The van der Waals surface area contributed by atoms with E-state index in [0.29, 0.717) is 23.5 Å². The molecule has 0 unspecified atom stereocenters. The Bertz CT molecular complexity index is 1250. The monoisotopic (exact) mass is 424 g/mol. The summed E-state index contributed by atoms with van der Waals surface area (Å²) in [7, 11) is 0. The number of amides is 1. The first-order valence-electron chi connectivity index (χ1n) is 10.2. The third-order valence-electron chi connectivity index (χ3n) is 5.46. The smallest absolute Gasteiger partial charge is 0.255 e. The molecule has 0 saturated carbocycles. The number of hydrogen-bond donors (Lipinski definition) is 3. The zero-order chi connectivity index (χ0) is 21.9. The van der Waals surface area contributed by atoms with Gasteiger partial charge in [-0.05, 0) is 23.3 Å². The van der Waals surface area contributed by atoms with Crippen molar-refractivity contribution < 1.29 is 9.90 Å². The van der Waals surface area contributed by atoms with Crippen molar-refractivity contribution in [2.45, 2.75) is 18.6 Å². The summed E-state index contributed by atoms with van der Waals surface area (Å²) in [6.45, 7) is 0. The third kappa shape index (κ3) is 3.91. The first-order valence-corrected chi connectivity index (χ1v) is 10.2. The van der Waals surface area contributed by atoms with Gasteiger partial charge in [-0.2, -0.15) is 0 Å².